The number of piperazine rings is 1. The molecule has 7 nitrogen and oxygen atoms in total. The van der Waals surface area contributed by atoms with Crippen LogP contribution in [0, 0.1) is 25.6 Å². The number of amides is 1. The molecule has 3 heterocycles. The van der Waals surface area contributed by atoms with E-state index in [0.29, 0.717) is 53.9 Å². The van der Waals surface area contributed by atoms with Crippen molar-refractivity contribution in [3.63, 3.8) is 0 Å². The number of sulfonamides is 1. The molecule has 2 atom stereocenters. The standard InChI is InChI=1S/C33H46ClFN4O3S/c1-24-23-31(25(2)22-30(24)34)43(41,42)39-15-5-4-6-29(39)11-12-32(40)37-16-13-27(14-17-37)33(26-7-9-28(35)10-8-26)38-20-18-36(3)19-21-38/h7-10,22-23,27,29,33H,4-6,11-21H2,1-3H3. The number of likely N-dealkylation sites (tertiary alicyclic amines) is 1. The third kappa shape index (κ3) is 7.44. The Hall–Kier alpha value is -2.04. The molecular weight excluding hydrogens is 587 g/mol. The SMILES string of the molecule is Cc1cc(S(=O)(=O)N2CCCCC2CCC(=O)N2CCC(C(c3ccc(F)cc3)N3CCN(C)CC3)CC2)c(C)cc1Cl. The maximum Gasteiger partial charge on any atom is 0.243 e. The van der Waals surface area contributed by atoms with Gasteiger partial charge in [0.05, 0.1) is 4.90 Å². The van der Waals surface area contributed by atoms with Gasteiger partial charge in [-0.2, -0.15) is 4.31 Å². The highest BCUT2D eigenvalue weighted by atomic mass is 35.5. The van der Waals surface area contributed by atoms with Crippen LogP contribution in [0.25, 0.3) is 0 Å². The maximum atomic E-state index is 13.8. The average molecular weight is 633 g/mol. The van der Waals surface area contributed by atoms with Crippen LogP contribution in [0.2, 0.25) is 5.02 Å². The van der Waals surface area contributed by atoms with Crippen LogP contribution < -0.4 is 0 Å². The summed E-state index contributed by atoms with van der Waals surface area (Å²) < 4.78 is 42.9. The third-order valence-electron chi connectivity index (χ3n) is 9.79. The molecule has 2 aromatic carbocycles. The zero-order chi connectivity index (χ0) is 30.7. The normalized spacial score (nSPS) is 22.5. The van der Waals surface area contributed by atoms with E-state index in [1.807, 2.05) is 24.0 Å². The van der Waals surface area contributed by atoms with Gasteiger partial charge in [-0.1, -0.05) is 30.2 Å². The van der Waals surface area contributed by atoms with Crippen molar-refractivity contribution in [3.8, 4) is 0 Å². The van der Waals surface area contributed by atoms with E-state index in [2.05, 4.69) is 16.8 Å². The molecule has 43 heavy (non-hydrogen) atoms. The van der Waals surface area contributed by atoms with Gasteiger partial charge in [-0.05, 0) is 99.9 Å². The Morgan fingerprint density at radius 2 is 1.60 bits per heavy atom. The molecule has 2 unspecified atom stereocenters. The quantitative estimate of drug-likeness (QED) is 0.377. The molecule has 0 aliphatic carbocycles. The third-order valence-corrected chi connectivity index (χ3v) is 12.3. The number of carbonyl (C=O) groups excluding carboxylic acids is 1. The monoisotopic (exact) mass is 632 g/mol. The topological polar surface area (TPSA) is 64.2 Å². The zero-order valence-electron chi connectivity index (χ0n) is 25.8. The number of piperidine rings is 2. The molecule has 1 amide bonds. The van der Waals surface area contributed by atoms with Crippen LogP contribution in [0.15, 0.2) is 41.3 Å². The first-order valence-corrected chi connectivity index (χ1v) is 17.6. The number of benzene rings is 2. The van der Waals surface area contributed by atoms with Crippen LogP contribution in [0.3, 0.4) is 0 Å². The summed E-state index contributed by atoms with van der Waals surface area (Å²) in [5.41, 5.74) is 2.54. The summed E-state index contributed by atoms with van der Waals surface area (Å²) in [4.78, 5) is 20.6. The van der Waals surface area contributed by atoms with Gasteiger partial charge in [0, 0.05) is 69.3 Å². The van der Waals surface area contributed by atoms with Crippen molar-refractivity contribution in [1.29, 1.82) is 0 Å². The summed E-state index contributed by atoms with van der Waals surface area (Å²) in [6, 6.07) is 10.4. The number of aryl methyl sites for hydroxylation is 2. The number of hydrogen-bond acceptors (Lipinski definition) is 5. The highest BCUT2D eigenvalue weighted by Crippen LogP contribution is 2.37. The molecule has 0 bridgehead atoms. The minimum absolute atomic E-state index is 0.109. The molecular formula is C33H46ClFN4O3S. The number of halogens is 2. The van der Waals surface area contributed by atoms with Gasteiger partial charge in [0.15, 0.2) is 0 Å². The van der Waals surface area contributed by atoms with E-state index >= 15 is 0 Å². The van der Waals surface area contributed by atoms with Crippen LogP contribution in [-0.4, -0.2) is 92.2 Å². The van der Waals surface area contributed by atoms with E-state index in [-0.39, 0.29) is 23.8 Å². The number of rotatable bonds is 8. The van der Waals surface area contributed by atoms with Gasteiger partial charge in [-0.15, -0.1) is 0 Å². The Labute approximate surface area is 262 Å². The summed E-state index contributed by atoms with van der Waals surface area (Å²) in [5.74, 6) is 0.282. The predicted octanol–water partition coefficient (Wildman–Crippen LogP) is 5.65. The molecule has 3 fully saturated rings. The molecule has 0 N–H and O–H groups in total. The second-order valence-corrected chi connectivity index (χ2v) is 15.0. The highest BCUT2D eigenvalue weighted by Gasteiger charge is 2.37. The number of carbonyl (C=O) groups is 1. The van der Waals surface area contributed by atoms with Gasteiger partial charge in [0.25, 0.3) is 0 Å². The lowest BCUT2D eigenvalue weighted by Gasteiger charge is -2.44. The summed E-state index contributed by atoms with van der Waals surface area (Å²) in [5, 5.41) is 0.563. The van der Waals surface area contributed by atoms with Crippen molar-refractivity contribution in [2.24, 2.45) is 5.92 Å². The minimum Gasteiger partial charge on any atom is -0.343 e. The Morgan fingerprint density at radius 3 is 2.28 bits per heavy atom. The van der Waals surface area contributed by atoms with Gasteiger partial charge in [-0.25, -0.2) is 12.8 Å². The smallest absolute Gasteiger partial charge is 0.243 e. The van der Waals surface area contributed by atoms with Crippen LogP contribution >= 0.6 is 11.6 Å². The largest absolute Gasteiger partial charge is 0.343 e. The second-order valence-electron chi connectivity index (χ2n) is 12.7. The first-order chi connectivity index (χ1) is 20.5. The minimum atomic E-state index is -3.70. The maximum absolute atomic E-state index is 13.8. The van der Waals surface area contributed by atoms with Gasteiger partial charge in [0.1, 0.15) is 5.82 Å². The van der Waals surface area contributed by atoms with E-state index in [1.54, 1.807) is 35.5 Å². The lowest BCUT2D eigenvalue weighted by Crippen LogP contribution is -2.49. The molecule has 3 saturated heterocycles. The molecule has 3 aliphatic rings. The summed E-state index contributed by atoms with van der Waals surface area (Å²) >= 11 is 6.25. The molecule has 0 aromatic heterocycles. The van der Waals surface area contributed by atoms with Crippen LogP contribution in [0.4, 0.5) is 4.39 Å². The zero-order valence-corrected chi connectivity index (χ0v) is 27.3. The number of nitrogens with zero attached hydrogens (tertiary/aromatic N) is 4. The lowest BCUT2D eigenvalue weighted by atomic mass is 9.83. The van der Waals surface area contributed by atoms with E-state index in [1.165, 1.54) is 0 Å². The number of likely N-dealkylation sites (N-methyl/N-ethyl adjacent to an activating group) is 1. The second kappa shape index (κ2) is 13.9. The van der Waals surface area contributed by atoms with E-state index in [0.717, 1.165) is 69.4 Å². The first kappa shape index (κ1) is 32.4. The Morgan fingerprint density at radius 1 is 0.930 bits per heavy atom. The Kier molecular flexibility index (Phi) is 10.5. The van der Waals surface area contributed by atoms with Crippen molar-refractivity contribution < 1.29 is 17.6 Å². The molecule has 5 rings (SSSR count). The van der Waals surface area contributed by atoms with Gasteiger partial charge >= 0.3 is 0 Å². The predicted molar refractivity (Wildman–Crippen MR) is 169 cm³/mol. The Balaban J connectivity index is 1.21. The molecule has 0 radical (unpaired) electrons. The lowest BCUT2D eigenvalue weighted by molar-refractivity contribution is -0.133. The highest BCUT2D eigenvalue weighted by molar-refractivity contribution is 7.89. The molecule has 0 saturated carbocycles. The van der Waals surface area contributed by atoms with Gasteiger partial charge < -0.3 is 9.80 Å². The van der Waals surface area contributed by atoms with Crippen molar-refractivity contribution >= 4 is 27.5 Å². The van der Waals surface area contributed by atoms with Crippen LogP contribution in [-0.2, 0) is 14.8 Å². The van der Waals surface area contributed by atoms with Crippen molar-refractivity contribution in [2.75, 3.05) is 52.9 Å². The fourth-order valence-electron chi connectivity index (χ4n) is 7.19. The molecule has 2 aromatic rings. The molecule has 10 heteroatoms. The average Bonchev–Trinajstić information content (AvgIpc) is 3.00. The van der Waals surface area contributed by atoms with Gasteiger partial charge in [-0.3, -0.25) is 9.69 Å². The van der Waals surface area contributed by atoms with Crippen LogP contribution in [0.1, 0.15) is 67.7 Å². The van der Waals surface area contributed by atoms with E-state index < -0.39 is 10.0 Å². The molecule has 236 valence electrons. The molecule has 3 aliphatic heterocycles. The van der Waals surface area contributed by atoms with Crippen molar-refractivity contribution in [1.82, 2.24) is 19.0 Å². The Bertz CT molecular complexity index is 1370. The van der Waals surface area contributed by atoms with Crippen molar-refractivity contribution in [2.45, 2.75) is 75.8 Å². The van der Waals surface area contributed by atoms with Gasteiger partial charge in [0.2, 0.25) is 15.9 Å². The molecule has 0 spiro atoms. The number of hydrogen-bond donors (Lipinski definition) is 0. The van der Waals surface area contributed by atoms with E-state index in [9.17, 15) is 17.6 Å². The fraction of sp³-hybridized carbons (Fsp3) is 0.606. The van der Waals surface area contributed by atoms with E-state index in [4.69, 9.17) is 11.6 Å². The first-order valence-electron chi connectivity index (χ1n) is 15.8. The summed E-state index contributed by atoms with van der Waals surface area (Å²) in [7, 11) is -1.55. The summed E-state index contributed by atoms with van der Waals surface area (Å²) in [6.45, 7) is 9.47. The van der Waals surface area contributed by atoms with Crippen molar-refractivity contribution in [3.05, 3.63) is 63.9 Å². The fourth-order valence-corrected chi connectivity index (χ4v) is 9.43. The summed E-state index contributed by atoms with van der Waals surface area (Å²) in [6.07, 6.45) is 5.24. The van der Waals surface area contributed by atoms with Crippen LogP contribution in [0.5, 0.6) is 0 Å².